The second kappa shape index (κ2) is 16.3. The van der Waals surface area contributed by atoms with E-state index in [0.717, 1.165) is 6.92 Å². The molecule has 3 aliphatic rings. The average molecular weight is 674 g/mol. The summed E-state index contributed by atoms with van der Waals surface area (Å²) in [7, 11) is 0. The fourth-order valence-electron chi connectivity index (χ4n) is 5.40. The van der Waals surface area contributed by atoms with Crippen LogP contribution in [-0.2, 0) is 42.8 Å². The summed E-state index contributed by atoms with van der Waals surface area (Å²) in [6.07, 6.45) is -22.9. The van der Waals surface area contributed by atoms with Crippen LogP contribution in [0.2, 0.25) is 0 Å². The van der Waals surface area contributed by atoms with Crippen molar-refractivity contribution >= 4 is 17.8 Å². The molecule has 0 bridgehead atoms. The first-order valence-electron chi connectivity index (χ1n) is 14.5. The number of aliphatic hydroxyl groups excluding tert-OH is 8. The monoisotopic (exact) mass is 673 g/mol. The maximum atomic E-state index is 12.6. The first-order valence-corrected chi connectivity index (χ1v) is 14.5. The van der Waals surface area contributed by atoms with Gasteiger partial charge in [0.1, 0.15) is 54.9 Å². The molecule has 20 heteroatoms. The second-order valence-electron chi connectivity index (χ2n) is 11.3. The van der Waals surface area contributed by atoms with E-state index in [-0.39, 0.29) is 19.6 Å². The number of carbonyl (C=O) groups is 3. The van der Waals surface area contributed by atoms with Crippen molar-refractivity contribution in [3.05, 3.63) is 0 Å². The predicted octanol–water partition coefficient (Wildman–Crippen LogP) is -6.02. The second-order valence-corrected chi connectivity index (χ2v) is 11.3. The van der Waals surface area contributed by atoms with E-state index < -0.39 is 129 Å². The topological polar surface area (TPSA) is 321 Å². The van der Waals surface area contributed by atoms with E-state index in [1.54, 1.807) is 0 Å². The van der Waals surface area contributed by atoms with Gasteiger partial charge in [-0.25, -0.2) is 9.59 Å². The fraction of sp³-hybridized carbons (Fsp3) is 0.885. The summed E-state index contributed by atoms with van der Waals surface area (Å²) in [4.78, 5) is 35.4. The van der Waals surface area contributed by atoms with Crippen molar-refractivity contribution in [2.24, 2.45) is 0 Å². The van der Waals surface area contributed by atoms with Crippen molar-refractivity contribution in [2.45, 2.75) is 118 Å². The Balaban J connectivity index is 1.86. The number of carboxylic acids is 2. The van der Waals surface area contributed by atoms with Gasteiger partial charge in [-0.3, -0.25) is 4.79 Å². The Morgan fingerprint density at radius 1 is 1.02 bits per heavy atom. The first-order chi connectivity index (χ1) is 21.6. The van der Waals surface area contributed by atoms with E-state index in [2.05, 4.69) is 5.32 Å². The van der Waals surface area contributed by atoms with Crippen molar-refractivity contribution in [2.75, 3.05) is 26.4 Å². The molecule has 0 spiro atoms. The Morgan fingerprint density at radius 2 is 1.70 bits per heavy atom. The molecular formula is C26H43NO19. The third-order valence-corrected chi connectivity index (χ3v) is 8.00. The molecule has 0 aliphatic carbocycles. The van der Waals surface area contributed by atoms with Crippen LogP contribution in [0.15, 0.2) is 0 Å². The summed E-state index contributed by atoms with van der Waals surface area (Å²) in [6.45, 7) is 0.0616. The number of aliphatic hydroxyl groups is 8. The Hall–Kier alpha value is -2.15. The minimum atomic E-state index is -2.97. The summed E-state index contributed by atoms with van der Waals surface area (Å²) >= 11 is 0. The quantitative estimate of drug-likeness (QED) is 0.0817. The lowest BCUT2D eigenvalue weighted by Crippen LogP contribution is -2.70. The van der Waals surface area contributed by atoms with Crippen molar-refractivity contribution in [3.63, 3.8) is 0 Å². The molecule has 0 saturated carbocycles. The lowest BCUT2D eigenvalue weighted by Gasteiger charge is -2.50. The molecule has 20 nitrogen and oxygen atoms in total. The molecule has 3 rings (SSSR count). The minimum Gasteiger partial charge on any atom is -0.479 e. The molecule has 0 aromatic rings. The van der Waals surface area contributed by atoms with Crippen molar-refractivity contribution in [3.8, 4) is 0 Å². The number of carboxylic acid groups (broad SMARTS) is 2. The maximum Gasteiger partial charge on any atom is 0.364 e. The van der Waals surface area contributed by atoms with Crippen LogP contribution < -0.4 is 5.32 Å². The molecule has 266 valence electrons. The highest BCUT2D eigenvalue weighted by Gasteiger charge is 2.59. The molecule has 0 aromatic carbocycles. The summed E-state index contributed by atoms with van der Waals surface area (Å²) in [5.41, 5.74) is 0. The van der Waals surface area contributed by atoms with Crippen molar-refractivity contribution in [1.82, 2.24) is 5.32 Å². The van der Waals surface area contributed by atoms with E-state index in [0.29, 0.717) is 0 Å². The molecule has 1 amide bonds. The molecular weight excluding hydrogens is 630 g/mol. The minimum absolute atomic E-state index is 0.00126. The van der Waals surface area contributed by atoms with E-state index in [1.807, 2.05) is 0 Å². The number of hydrogen-bond acceptors (Lipinski definition) is 17. The average Bonchev–Trinajstić information content (AvgIpc) is 3.00. The normalized spacial score (nSPS) is 40.4. The summed E-state index contributed by atoms with van der Waals surface area (Å²) in [6, 6.07) is -1.51. The lowest BCUT2D eigenvalue weighted by atomic mass is 9.88. The molecule has 15 atom stereocenters. The van der Waals surface area contributed by atoms with Gasteiger partial charge >= 0.3 is 11.9 Å². The van der Waals surface area contributed by atoms with Gasteiger partial charge in [0.05, 0.1) is 38.1 Å². The maximum absolute atomic E-state index is 12.6. The van der Waals surface area contributed by atoms with Gasteiger partial charge in [0, 0.05) is 20.0 Å². The number of hydrogen-bond donors (Lipinski definition) is 11. The molecule has 0 radical (unpaired) electrons. The number of nitrogens with one attached hydrogen (secondary N) is 1. The van der Waals surface area contributed by atoms with Gasteiger partial charge < -0.3 is 84.8 Å². The van der Waals surface area contributed by atoms with Crippen molar-refractivity contribution in [1.29, 1.82) is 0 Å². The number of amides is 1. The van der Waals surface area contributed by atoms with Gasteiger partial charge in [0.2, 0.25) is 5.91 Å². The zero-order valence-electron chi connectivity index (χ0n) is 25.0. The summed E-state index contributed by atoms with van der Waals surface area (Å²) in [5.74, 6) is -6.87. The molecule has 11 N–H and O–H groups in total. The highest BCUT2D eigenvalue weighted by Crippen LogP contribution is 2.38. The number of ether oxygens (including phenoxy) is 6. The fourth-order valence-corrected chi connectivity index (χ4v) is 5.40. The highest BCUT2D eigenvalue weighted by molar-refractivity contribution is 5.76. The first kappa shape index (κ1) is 38.3. The van der Waals surface area contributed by atoms with Gasteiger partial charge in [0.15, 0.2) is 12.4 Å². The molecule has 3 fully saturated rings. The molecule has 46 heavy (non-hydrogen) atoms. The summed E-state index contributed by atoms with van der Waals surface area (Å²) < 4.78 is 33.0. The van der Waals surface area contributed by atoms with Crippen LogP contribution in [0.3, 0.4) is 0 Å². The Kier molecular flexibility index (Phi) is 13.6. The highest BCUT2D eigenvalue weighted by atomic mass is 16.8. The van der Waals surface area contributed by atoms with Crippen LogP contribution in [0, 0.1) is 0 Å². The zero-order valence-corrected chi connectivity index (χ0v) is 25.0. The number of rotatable bonds is 14. The Bertz CT molecular complexity index is 1040. The van der Waals surface area contributed by atoms with E-state index >= 15 is 0 Å². The SMILES string of the molecule is CC(=O)N[C@H]1[C@H]([C@H](O)[C@H](O)CO)O[C@@](O[C@H]2[C@@H](O)[C@@H](CO)O[C@@H](O[C@@H]3CCO[C@H](CO[C@H](C)C(=O)O)[C@@H]3O)[C@@H]2O)(C(=O)O)C[C@@H]1O. The lowest BCUT2D eigenvalue weighted by molar-refractivity contribution is -0.376. The Morgan fingerprint density at radius 3 is 2.26 bits per heavy atom. The molecule has 0 aromatic heterocycles. The van der Waals surface area contributed by atoms with Gasteiger partial charge in [-0.05, 0) is 13.3 Å². The molecule has 3 saturated heterocycles. The van der Waals surface area contributed by atoms with Gasteiger partial charge in [-0.15, -0.1) is 0 Å². The third kappa shape index (κ3) is 8.65. The number of aliphatic carboxylic acids is 2. The third-order valence-electron chi connectivity index (χ3n) is 8.00. The van der Waals surface area contributed by atoms with Crippen LogP contribution in [0.4, 0.5) is 0 Å². The standard InChI is InChI=1S/C26H43NO19/c1-9(23(37)38)42-8-15-18(34)13(3-4-41-15)43-24-20(36)22(19(35)14(7-29)44-24)46-26(25(39)40)5-11(31)16(27-10(2)30)21(45-26)17(33)12(32)6-28/h9,11-22,24,28-29,31-36H,3-8H2,1-2H3,(H,27,30)(H,37,38)(H,39,40)/t9-,11+,12-,13-,14-,15-,16-,17-,18-,19+,20-,21-,22+,24-,26+/m1/s1. The molecule has 3 heterocycles. The van der Waals surface area contributed by atoms with Gasteiger partial charge in [0.25, 0.3) is 5.79 Å². The zero-order chi connectivity index (χ0) is 34.5. The van der Waals surface area contributed by atoms with Crippen molar-refractivity contribution < 1.29 is 93.9 Å². The Labute approximate surface area is 262 Å². The van der Waals surface area contributed by atoms with E-state index in [1.165, 1.54) is 6.92 Å². The number of carbonyl (C=O) groups excluding carboxylic acids is 1. The largest absolute Gasteiger partial charge is 0.479 e. The van der Waals surface area contributed by atoms with Crippen LogP contribution in [0.5, 0.6) is 0 Å². The smallest absolute Gasteiger partial charge is 0.364 e. The van der Waals surface area contributed by atoms with Crippen LogP contribution >= 0.6 is 0 Å². The van der Waals surface area contributed by atoms with Crippen LogP contribution in [0.25, 0.3) is 0 Å². The predicted molar refractivity (Wildman–Crippen MR) is 143 cm³/mol. The molecule has 0 unspecified atom stereocenters. The van der Waals surface area contributed by atoms with Crippen LogP contribution in [-0.4, -0.2) is 187 Å². The van der Waals surface area contributed by atoms with E-state index in [4.69, 9.17) is 33.5 Å². The van der Waals surface area contributed by atoms with E-state index in [9.17, 15) is 60.3 Å². The van der Waals surface area contributed by atoms with Crippen LogP contribution in [0.1, 0.15) is 26.7 Å². The summed E-state index contributed by atoms with van der Waals surface area (Å²) in [5, 5.41) is 105. The molecule has 3 aliphatic heterocycles. The van der Waals surface area contributed by atoms with Gasteiger partial charge in [-0.1, -0.05) is 0 Å². The van der Waals surface area contributed by atoms with Gasteiger partial charge in [-0.2, -0.15) is 0 Å².